The van der Waals surface area contributed by atoms with E-state index in [-0.39, 0.29) is 18.8 Å². The van der Waals surface area contributed by atoms with Gasteiger partial charge in [-0.1, -0.05) is 0 Å². The van der Waals surface area contributed by atoms with Gasteiger partial charge in [-0.05, 0) is 0 Å². The van der Waals surface area contributed by atoms with Crippen molar-refractivity contribution in [2.45, 2.75) is 24.5 Å². The van der Waals surface area contributed by atoms with Crippen molar-refractivity contribution >= 4 is 0 Å². The fourth-order valence-corrected chi connectivity index (χ4v) is 2.00. The molecule has 4 unspecified atom stereocenters. The highest BCUT2D eigenvalue weighted by Crippen LogP contribution is 2.43. The average molecular weight is 226 g/mol. The second-order valence-electron chi connectivity index (χ2n) is 3.83. The fourth-order valence-electron chi connectivity index (χ4n) is 2.00. The smallest absolute Gasteiger partial charge is 0.330 e. The van der Waals surface area contributed by atoms with Crippen molar-refractivity contribution in [2.75, 3.05) is 6.61 Å². The number of rotatable bonds is 2. The summed E-state index contributed by atoms with van der Waals surface area (Å²) in [4.78, 5) is 24.5. The van der Waals surface area contributed by atoms with E-state index in [1.807, 2.05) is 0 Å². The van der Waals surface area contributed by atoms with Gasteiger partial charge in [0.25, 0.3) is 5.56 Å². The second kappa shape index (κ2) is 3.27. The van der Waals surface area contributed by atoms with Crippen LogP contribution in [0.1, 0.15) is 6.23 Å². The first-order chi connectivity index (χ1) is 7.70. The lowest BCUT2D eigenvalue weighted by Crippen LogP contribution is -2.34. The Labute approximate surface area is 89.2 Å². The van der Waals surface area contributed by atoms with Crippen LogP contribution in [0.15, 0.2) is 21.9 Å². The summed E-state index contributed by atoms with van der Waals surface area (Å²) in [6.45, 7) is -0.143. The van der Waals surface area contributed by atoms with E-state index >= 15 is 0 Å². The maximum atomic E-state index is 11.5. The molecule has 3 heterocycles. The zero-order chi connectivity index (χ0) is 11.3. The number of aliphatic hydroxyl groups excluding tert-OH is 1. The highest BCUT2D eigenvalue weighted by atomic mass is 16.7. The minimum absolute atomic E-state index is 0.143. The van der Waals surface area contributed by atoms with Gasteiger partial charge in [-0.2, -0.15) is 0 Å². The lowest BCUT2D eigenvalue weighted by atomic mass is 10.2. The molecule has 0 aliphatic carbocycles. The van der Waals surface area contributed by atoms with Crippen LogP contribution in [-0.2, 0) is 9.47 Å². The molecule has 7 heteroatoms. The molecular formula is C9H10N2O5. The summed E-state index contributed by atoms with van der Waals surface area (Å²) < 4.78 is 12.0. The summed E-state index contributed by atoms with van der Waals surface area (Å²) in [5, 5.41) is 8.99. The van der Waals surface area contributed by atoms with Gasteiger partial charge in [-0.25, -0.2) is 4.79 Å². The van der Waals surface area contributed by atoms with Gasteiger partial charge < -0.3 is 14.6 Å². The largest absolute Gasteiger partial charge is 0.394 e. The number of hydrogen-bond acceptors (Lipinski definition) is 5. The number of ether oxygens (including phenoxy) is 2. The summed E-state index contributed by atoms with van der Waals surface area (Å²) in [5.74, 6) is 0. The van der Waals surface area contributed by atoms with Crippen molar-refractivity contribution < 1.29 is 14.6 Å². The van der Waals surface area contributed by atoms with Gasteiger partial charge in [0.05, 0.1) is 6.61 Å². The van der Waals surface area contributed by atoms with Gasteiger partial charge in [0, 0.05) is 12.3 Å². The normalized spacial score (nSPS) is 36.1. The van der Waals surface area contributed by atoms with Crippen molar-refractivity contribution in [3.63, 3.8) is 0 Å². The third-order valence-corrected chi connectivity index (χ3v) is 2.83. The van der Waals surface area contributed by atoms with Crippen molar-refractivity contribution in [1.29, 1.82) is 0 Å². The average Bonchev–Trinajstić information content (AvgIpc) is 2.96. The van der Waals surface area contributed by atoms with Gasteiger partial charge in [0.1, 0.15) is 18.3 Å². The monoisotopic (exact) mass is 226 g/mol. The van der Waals surface area contributed by atoms with E-state index in [1.54, 1.807) is 0 Å². The summed E-state index contributed by atoms with van der Waals surface area (Å²) >= 11 is 0. The summed E-state index contributed by atoms with van der Waals surface area (Å²) in [7, 11) is 0. The molecule has 3 rings (SSSR count). The Morgan fingerprint density at radius 2 is 2.19 bits per heavy atom. The Balaban J connectivity index is 1.94. The van der Waals surface area contributed by atoms with Gasteiger partial charge in [0.15, 0.2) is 6.23 Å². The van der Waals surface area contributed by atoms with E-state index in [0.717, 1.165) is 0 Å². The molecule has 0 spiro atoms. The van der Waals surface area contributed by atoms with Gasteiger partial charge in [0.2, 0.25) is 0 Å². The maximum absolute atomic E-state index is 11.5. The van der Waals surface area contributed by atoms with Crippen LogP contribution in [0.3, 0.4) is 0 Å². The number of nitrogens with one attached hydrogen (secondary N) is 1. The molecule has 0 aromatic carbocycles. The molecule has 0 saturated carbocycles. The number of aromatic amines is 1. The lowest BCUT2D eigenvalue weighted by molar-refractivity contribution is -0.0856. The van der Waals surface area contributed by atoms with Crippen molar-refractivity contribution in [3.8, 4) is 0 Å². The molecule has 2 fully saturated rings. The number of hydrogen-bond donors (Lipinski definition) is 2. The van der Waals surface area contributed by atoms with Crippen LogP contribution >= 0.6 is 0 Å². The molecule has 1 aromatic rings. The molecule has 86 valence electrons. The molecular weight excluding hydrogens is 216 g/mol. The van der Waals surface area contributed by atoms with Crippen LogP contribution in [0.5, 0.6) is 0 Å². The minimum atomic E-state index is -0.563. The van der Waals surface area contributed by atoms with Gasteiger partial charge in [-0.15, -0.1) is 0 Å². The standard InChI is InChI=1S/C9H10N2O5/c12-3-4-6-7(16-6)8(15-4)11-2-1-5(13)10-9(11)14/h1-2,4,6-8,12H,3H2,(H,10,13,14). The molecule has 16 heavy (non-hydrogen) atoms. The Hall–Kier alpha value is -1.44. The molecule has 2 saturated heterocycles. The summed E-state index contributed by atoms with van der Waals surface area (Å²) in [6, 6.07) is 1.24. The maximum Gasteiger partial charge on any atom is 0.330 e. The quantitative estimate of drug-likeness (QED) is 0.579. The molecule has 1 aromatic heterocycles. The Morgan fingerprint density at radius 1 is 1.38 bits per heavy atom. The van der Waals surface area contributed by atoms with Crippen LogP contribution in [-0.4, -0.2) is 39.6 Å². The highest BCUT2D eigenvalue weighted by Gasteiger charge is 2.58. The molecule has 0 amide bonds. The summed E-state index contributed by atoms with van der Waals surface area (Å²) in [6.07, 6.45) is 0.0551. The topological polar surface area (TPSA) is 96.8 Å². The van der Waals surface area contributed by atoms with Crippen molar-refractivity contribution in [1.82, 2.24) is 9.55 Å². The number of H-pyrrole nitrogens is 1. The molecule has 7 nitrogen and oxygen atoms in total. The molecule has 2 aliphatic heterocycles. The molecule has 0 bridgehead atoms. The Kier molecular flexibility index (Phi) is 2.00. The van der Waals surface area contributed by atoms with Gasteiger partial charge in [-0.3, -0.25) is 14.3 Å². The molecule has 4 atom stereocenters. The van der Waals surface area contributed by atoms with E-state index in [2.05, 4.69) is 4.98 Å². The zero-order valence-electron chi connectivity index (χ0n) is 8.20. The first kappa shape index (κ1) is 9.76. The Morgan fingerprint density at radius 3 is 2.81 bits per heavy atom. The molecule has 0 radical (unpaired) electrons. The van der Waals surface area contributed by atoms with E-state index < -0.39 is 23.6 Å². The predicted octanol–water partition coefficient (Wildman–Crippen LogP) is -1.81. The second-order valence-corrected chi connectivity index (χ2v) is 3.83. The number of epoxide rings is 1. The van der Waals surface area contributed by atoms with Crippen LogP contribution < -0.4 is 11.2 Å². The van der Waals surface area contributed by atoms with Gasteiger partial charge >= 0.3 is 5.69 Å². The first-order valence-electron chi connectivity index (χ1n) is 4.94. The number of aliphatic hydroxyl groups is 1. The highest BCUT2D eigenvalue weighted by molar-refractivity contribution is 5.02. The zero-order valence-corrected chi connectivity index (χ0v) is 8.20. The summed E-state index contributed by atoms with van der Waals surface area (Å²) in [5.41, 5.74) is -0.989. The van der Waals surface area contributed by atoms with E-state index in [1.165, 1.54) is 16.8 Å². The number of aromatic nitrogens is 2. The SMILES string of the molecule is O=c1ccn(C2OC(CO)C3OC32)c(=O)[nH]1. The van der Waals surface area contributed by atoms with Crippen molar-refractivity contribution in [3.05, 3.63) is 33.1 Å². The predicted molar refractivity (Wildman–Crippen MR) is 51.0 cm³/mol. The van der Waals surface area contributed by atoms with Crippen LogP contribution in [0.4, 0.5) is 0 Å². The number of fused-ring (bicyclic) bond motifs is 1. The van der Waals surface area contributed by atoms with E-state index in [0.29, 0.717) is 0 Å². The molecule has 2 N–H and O–H groups in total. The molecule has 2 aliphatic rings. The van der Waals surface area contributed by atoms with Crippen LogP contribution in [0.25, 0.3) is 0 Å². The van der Waals surface area contributed by atoms with Crippen LogP contribution in [0.2, 0.25) is 0 Å². The van der Waals surface area contributed by atoms with E-state index in [9.17, 15) is 9.59 Å². The lowest BCUT2D eigenvalue weighted by Gasteiger charge is -2.17. The minimum Gasteiger partial charge on any atom is -0.394 e. The van der Waals surface area contributed by atoms with Crippen molar-refractivity contribution in [2.24, 2.45) is 0 Å². The Bertz CT molecular complexity index is 521. The van der Waals surface area contributed by atoms with Crippen LogP contribution in [0, 0.1) is 0 Å². The van der Waals surface area contributed by atoms with E-state index in [4.69, 9.17) is 14.6 Å². The third kappa shape index (κ3) is 1.33. The fraction of sp³-hybridized carbons (Fsp3) is 0.556. The first-order valence-corrected chi connectivity index (χ1v) is 4.94. The number of nitrogens with zero attached hydrogens (tertiary/aromatic N) is 1. The third-order valence-electron chi connectivity index (χ3n) is 2.83.